The Labute approximate surface area is 108 Å². The van der Waals surface area contributed by atoms with E-state index in [1.807, 2.05) is 18.2 Å². The van der Waals surface area contributed by atoms with Crippen LogP contribution in [0.25, 0.3) is 0 Å². The predicted molar refractivity (Wildman–Crippen MR) is 73.4 cm³/mol. The van der Waals surface area contributed by atoms with Crippen LogP contribution in [0.5, 0.6) is 0 Å². The number of hydrogen-bond acceptors (Lipinski definition) is 3. The lowest BCUT2D eigenvalue weighted by Gasteiger charge is -2.19. The summed E-state index contributed by atoms with van der Waals surface area (Å²) in [5, 5.41) is 3.32. The van der Waals surface area contributed by atoms with Crippen molar-refractivity contribution in [3.8, 4) is 0 Å². The molecule has 18 heavy (non-hydrogen) atoms. The molecule has 0 bridgehead atoms. The van der Waals surface area contributed by atoms with Gasteiger partial charge < -0.3 is 5.32 Å². The minimum atomic E-state index is -3.17. The van der Waals surface area contributed by atoms with Crippen molar-refractivity contribution >= 4 is 21.4 Å². The first-order valence-corrected chi connectivity index (χ1v) is 8.15. The maximum absolute atomic E-state index is 11.9. The molecule has 0 spiro atoms. The minimum absolute atomic E-state index is 0.266. The number of nitrogens with one attached hydrogen (secondary N) is 2. The number of anilines is 2. The van der Waals surface area contributed by atoms with Crippen molar-refractivity contribution in [1.29, 1.82) is 0 Å². The van der Waals surface area contributed by atoms with Gasteiger partial charge in [0.1, 0.15) is 0 Å². The summed E-state index contributed by atoms with van der Waals surface area (Å²) < 4.78 is 26.5. The smallest absolute Gasteiger partial charge is 0.232 e. The lowest BCUT2D eigenvalue weighted by molar-refractivity contribution is 0.597. The molecule has 1 aromatic rings. The zero-order chi connectivity index (χ0) is 12.6. The molecule has 5 heteroatoms. The third-order valence-corrected chi connectivity index (χ3v) is 4.93. The summed E-state index contributed by atoms with van der Waals surface area (Å²) in [6.45, 7) is 1.000. The summed E-state index contributed by atoms with van der Waals surface area (Å²) in [5.74, 6) is 0.643. The lowest BCUT2D eigenvalue weighted by atomic mass is 10.0. The Morgan fingerprint density at radius 3 is 2.94 bits per heavy atom. The molecule has 0 amide bonds. The van der Waals surface area contributed by atoms with Gasteiger partial charge >= 0.3 is 0 Å². The van der Waals surface area contributed by atoms with Crippen LogP contribution in [0.1, 0.15) is 24.8 Å². The third kappa shape index (κ3) is 2.77. The van der Waals surface area contributed by atoms with E-state index in [1.165, 1.54) is 5.56 Å². The van der Waals surface area contributed by atoms with Gasteiger partial charge in [0.2, 0.25) is 10.0 Å². The minimum Gasteiger partial charge on any atom is -0.385 e. The van der Waals surface area contributed by atoms with Crippen LogP contribution in [-0.2, 0) is 16.4 Å². The van der Waals surface area contributed by atoms with Crippen molar-refractivity contribution < 1.29 is 8.42 Å². The fourth-order valence-corrected chi connectivity index (χ4v) is 3.88. The molecule has 0 atom stereocenters. The Morgan fingerprint density at radius 2 is 2.17 bits per heavy atom. The Bertz CT molecular complexity index is 550. The van der Waals surface area contributed by atoms with Crippen molar-refractivity contribution in [2.45, 2.75) is 25.7 Å². The molecule has 0 radical (unpaired) electrons. The summed E-state index contributed by atoms with van der Waals surface area (Å²) in [6, 6.07) is 5.75. The topological polar surface area (TPSA) is 58.2 Å². The molecule has 0 saturated heterocycles. The fourth-order valence-electron chi connectivity index (χ4n) is 2.35. The molecule has 1 saturated carbocycles. The van der Waals surface area contributed by atoms with Crippen molar-refractivity contribution in [2.24, 2.45) is 5.92 Å². The van der Waals surface area contributed by atoms with Crippen molar-refractivity contribution in [3.63, 3.8) is 0 Å². The molecule has 4 nitrogen and oxygen atoms in total. The van der Waals surface area contributed by atoms with E-state index in [1.54, 1.807) is 0 Å². The normalized spacial score (nSPS) is 18.9. The molecule has 3 rings (SSSR count). The number of aryl methyl sites for hydroxylation is 1. The number of sulfonamides is 1. The number of benzene rings is 1. The van der Waals surface area contributed by atoms with Crippen molar-refractivity contribution in [1.82, 2.24) is 0 Å². The number of hydrogen-bond donors (Lipinski definition) is 2. The quantitative estimate of drug-likeness (QED) is 0.878. The van der Waals surface area contributed by atoms with Crippen molar-refractivity contribution in [3.05, 3.63) is 23.8 Å². The van der Waals surface area contributed by atoms with Crippen LogP contribution in [0.4, 0.5) is 11.4 Å². The first kappa shape index (κ1) is 11.8. The lowest BCUT2D eigenvalue weighted by Crippen LogP contribution is -2.18. The van der Waals surface area contributed by atoms with Gasteiger partial charge in [0, 0.05) is 17.9 Å². The third-order valence-electron chi connectivity index (χ3n) is 3.47. The standard InChI is InChI=1S/C13H18N2O2S/c16-18(17,9-10-3-4-10)15-12-5-6-13-11(8-12)2-1-7-14-13/h5-6,8,10,14-15H,1-4,7,9H2. The molecule has 1 aliphatic carbocycles. The summed E-state index contributed by atoms with van der Waals surface area (Å²) in [7, 11) is -3.17. The van der Waals surface area contributed by atoms with Crippen LogP contribution in [-0.4, -0.2) is 20.7 Å². The molecule has 1 heterocycles. The van der Waals surface area contributed by atoms with Gasteiger partial charge in [-0.15, -0.1) is 0 Å². The molecule has 1 fully saturated rings. The molecular weight excluding hydrogens is 248 g/mol. The van der Waals surface area contributed by atoms with Crippen LogP contribution in [0, 0.1) is 5.92 Å². The van der Waals surface area contributed by atoms with Gasteiger partial charge in [-0.25, -0.2) is 8.42 Å². The largest absolute Gasteiger partial charge is 0.385 e. The highest BCUT2D eigenvalue weighted by Crippen LogP contribution is 2.31. The maximum Gasteiger partial charge on any atom is 0.232 e. The molecule has 1 aromatic carbocycles. The second-order valence-electron chi connectivity index (χ2n) is 5.23. The van der Waals surface area contributed by atoms with E-state index < -0.39 is 10.0 Å². The Balaban J connectivity index is 1.75. The van der Waals surface area contributed by atoms with Gasteiger partial charge in [-0.05, 0) is 55.4 Å². The van der Waals surface area contributed by atoms with E-state index in [0.29, 0.717) is 11.6 Å². The van der Waals surface area contributed by atoms with Gasteiger partial charge in [0.25, 0.3) is 0 Å². The Hall–Kier alpha value is -1.23. The summed E-state index contributed by atoms with van der Waals surface area (Å²) in [4.78, 5) is 0. The van der Waals surface area contributed by atoms with Crippen LogP contribution in [0.15, 0.2) is 18.2 Å². The molecule has 2 aliphatic rings. The maximum atomic E-state index is 11.9. The summed E-state index contributed by atoms with van der Waals surface area (Å²) in [5.41, 5.74) is 3.03. The molecule has 0 aromatic heterocycles. The van der Waals surface area contributed by atoms with Gasteiger partial charge in [0.05, 0.1) is 5.75 Å². The Kier molecular flexibility index (Phi) is 2.93. The summed E-state index contributed by atoms with van der Waals surface area (Å²) in [6.07, 6.45) is 4.22. The van der Waals surface area contributed by atoms with E-state index in [-0.39, 0.29) is 5.75 Å². The van der Waals surface area contributed by atoms with E-state index >= 15 is 0 Å². The second-order valence-corrected chi connectivity index (χ2v) is 7.00. The first-order chi connectivity index (χ1) is 8.62. The van der Waals surface area contributed by atoms with Crippen LogP contribution in [0.2, 0.25) is 0 Å². The summed E-state index contributed by atoms with van der Waals surface area (Å²) >= 11 is 0. The average molecular weight is 266 g/mol. The van der Waals surface area contributed by atoms with E-state index in [2.05, 4.69) is 10.0 Å². The average Bonchev–Trinajstić information content (AvgIpc) is 3.11. The highest BCUT2D eigenvalue weighted by atomic mass is 32.2. The van der Waals surface area contributed by atoms with E-state index in [0.717, 1.165) is 37.9 Å². The number of rotatable bonds is 4. The second kappa shape index (κ2) is 4.46. The van der Waals surface area contributed by atoms with Gasteiger partial charge in [0.15, 0.2) is 0 Å². The molecular formula is C13H18N2O2S. The number of fused-ring (bicyclic) bond motifs is 1. The van der Waals surface area contributed by atoms with Crippen LogP contribution in [0.3, 0.4) is 0 Å². The van der Waals surface area contributed by atoms with Crippen LogP contribution >= 0.6 is 0 Å². The highest BCUT2D eigenvalue weighted by molar-refractivity contribution is 7.92. The van der Waals surface area contributed by atoms with Gasteiger partial charge in [-0.3, -0.25) is 4.72 Å². The van der Waals surface area contributed by atoms with Crippen LogP contribution < -0.4 is 10.0 Å². The highest BCUT2D eigenvalue weighted by Gasteiger charge is 2.28. The molecule has 0 unspecified atom stereocenters. The SMILES string of the molecule is O=S(=O)(CC1CC1)Nc1ccc2c(c1)CCCN2. The van der Waals surface area contributed by atoms with E-state index in [4.69, 9.17) is 0 Å². The Morgan fingerprint density at radius 1 is 1.33 bits per heavy atom. The monoisotopic (exact) mass is 266 g/mol. The predicted octanol–water partition coefficient (Wildman–Crippen LogP) is 2.20. The van der Waals surface area contributed by atoms with Gasteiger partial charge in [-0.2, -0.15) is 0 Å². The fraction of sp³-hybridized carbons (Fsp3) is 0.538. The molecule has 1 aliphatic heterocycles. The van der Waals surface area contributed by atoms with Crippen molar-refractivity contribution in [2.75, 3.05) is 22.3 Å². The molecule has 98 valence electrons. The van der Waals surface area contributed by atoms with E-state index in [9.17, 15) is 8.42 Å². The zero-order valence-electron chi connectivity index (χ0n) is 10.3. The zero-order valence-corrected chi connectivity index (χ0v) is 11.1. The molecule has 2 N–H and O–H groups in total. The van der Waals surface area contributed by atoms with Gasteiger partial charge in [-0.1, -0.05) is 0 Å². The first-order valence-electron chi connectivity index (χ1n) is 6.50.